The molecule has 1 N–H and O–H groups in total. The van der Waals surface area contributed by atoms with E-state index in [2.05, 4.69) is 10.5 Å². The van der Waals surface area contributed by atoms with Crippen LogP contribution in [0.3, 0.4) is 0 Å². The largest absolute Gasteiger partial charge is 0.272 e. The Labute approximate surface area is 65.9 Å². The van der Waals surface area contributed by atoms with Gasteiger partial charge in [-0.1, -0.05) is 6.92 Å². The summed E-state index contributed by atoms with van der Waals surface area (Å²) in [6.45, 7) is 3.75. The topological polar surface area (TPSA) is 65.2 Å². The Balaban J connectivity index is 3.71. The second-order valence-corrected chi connectivity index (χ2v) is 2.07. The Hall–Kier alpha value is -1.37. The lowest BCUT2D eigenvalue weighted by Crippen LogP contribution is -2.17. The summed E-state index contributed by atoms with van der Waals surface area (Å²) in [6.07, 6.45) is 0.660. The molecule has 0 heterocycles. The molecule has 60 valence electrons. The lowest BCUT2D eigenvalue weighted by atomic mass is 10.3. The third-order valence-corrected chi connectivity index (χ3v) is 1.12. The van der Waals surface area contributed by atoms with Crippen LogP contribution in [0.25, 0.3) is 0 Å². The standard InChI is InChI=1S/C7H11N3O/c1-3-6(2)9-10-7(11)4-5-8/h3-4H2,1-2H3,(H,10,11). The van der Waals surface area contributed by atoms with Crippen molar-refractivity contribution < 1.29 is 4.79 Å². The molecular weight excluding hydrogens is 142 g/mol. The van der Waals surface area contributed by atoms with Gasteiger partial charge in [0.05, 0.1) is 6.07 Å². The van der Waals surface area contributed by atoms with Crippen molar-refractivity contribution in [1.82, 2.24) is 5.43 Å². The quantitative estimate of drug-likeness (QED) is 0.481. The molecule has 0 rings (SSSR count). The molecule has 0 spiro atoms. The van der Waals surface area contributed by atoms with Gasteiger partial charge in [-0.3, -0.25) is 4.79 Å². The van der Waals surface area contributed by atoms with Gasteiger partial charge in [0.2, 0.25) is 0 Å². The first-order valence-corrected chi connectivity index (χ1v) is 3.39. The first-order chi connectivity index (χ1) is 5.20. The monoisotopic (exact) mass is 153 g/mol. The van der Waals surface area contributed by atoms with E-state index in [1.54, 1.807) is 6.07 Å². The van der Waals surface area contributed by atoms with Crippen LogP contribution in [-0.4, -0.2) is 11.6 Å². The van der Waals surface area contributed by atoms with Crippen LogP contribution in [-0.2, 0) is 4.79 Å². The molecule has 0 saturated heterocycles. The zero-order valence-electron chi connectivity index (χ0n) is 6.72. The maximum atomic E-state index is 10.6. The molecule has 0 saturated carbocycles. The molecule has 0 aliphatic rings. The summed E-state index contributed by atoms with van der Waals surface area (Å²) in [5.41, 5.74) is 3.10. The Morgan fingerprint density at radius 3 is 2.82 bits per heavy atom. The third kappa shape index (κ3) is 5.09. The molecule has 0 aliphatic heterocycles. The fraction of sp³-hybridized carbons (Fsp3) is 0.571. The van der Waals surface area contributed by atoms with Crippen LogP contribution in [0, 0.1) is 11.3 Å². The number of rotatable bonds is 3. The van der Waals surface area contributed by atoms with Crippen molar-refractivity contribution in [2.45, 2.75) is 26.7 Å². The summed E-state index contributed by atoms with van der Waals surface area (Å²) in [6, 6.07) is 1.73. The second kappa shape index (κ2) is 5.42. The van der Waals surface area contributed by atoms with Crippen molar-refractivity contribution in [3.63, 3.8) is 0 Å². The molecular formula is C7H11N3O. The van der Waals surface area contributed by atoms with Crippen LogP contribution >= 0.6 is 0 Å². The SMILES string of the molecule is CCC(C)=NNC(=O)CC#N. The molecule has 0 aromatic rings. The van der Waals surface area contributed by atoms with E-state index in [9.17, 15) is 4.79 Å². The summed E-state index contributed by atoms with van der Waals surface area (Å²) in [5, 5.41) is 11.8. The number of hydrazone groups is 1. The summed E-state index contributed by atoms with van der Waals surface area (Å²) in [7, 11) is 0. The molecule has 1 amide bonds. The Kier molecular flexibility index (Phi) is 4.74. The lowest BCUT2D eigenvalue weighted by molar-refractivity contribution is -0.120. The molecule has 0 radical (unpaired) electrons. The molecule has 0 aliphatic carbocycles. The van der Waals surface area contributed by atoms with E-state index in [0.717, 1.165) is 12.1 Å². The normalized spacial score (nSPS) is 10.5. The number of hydrogen-bond acceptors (Lipinski definition) is 3. The van der Waals surface area contributed by atoms with Gasteiger partial charge in [0.15, 0.2) is 0 Å². The van der Waals surface area contributed by atoms with Crippen molar-refractivity contribution in [2.75, 3.05) is 0 Å². The Morgan fingerprint density at radius 2 is 2.36 bits per heavy atom. The van der Waals surface area contributed by atoms with Crippen molar-refractivity contribution in [1.29, 1.82) is 5.26 Å². The van der Waals surface area contributed by atoms with Crippen molar-refractivity contribution >= 4 is 11.6 Å². The first-order valence-electron chi connectivity index (χ1n) is 3.39. The molecule has 11 heavy (non-hydrogen) atoms. The van der Waals surface area contributed by atoms with Gasteiger partial charge in [0.25, 0.3) is 5.91 Å². The van der Waals surface area contributed by atoms with Crippen LogP contribution < -0.4 is 5.43 Å². The minimum absolute atomic E-state index is 0.138. The predicted octanol–water partition coefficient (Wildman–Crippen LogP) is 0.802. The van der Waals surface area contributed by atoms with Crippen LogP contribution in [0.4, 0.5) is 0 Å². The van der Waals surface area contributed by atoms with Gasteiger partial charge in [-0.05, 0) is 13.3 Å². The predicted molar refractivity (Wildman–Crippen MR) is 41.8 cm³/mol. The number of nitrogens with zero attached hydrogens (tertiary/aromatic N) is 2. The molecule has 0 aromatic heterocycles. The second-order valence-electron chi connectivity index (χ2n) is 2.07. The highest BCUT2D eigenvalue weighted by atomic mass is 16.2. The molecule has 4 heteroatoms. The van der Waals surface area contributed by atoms with Gasteiger partial charge in [-0.15, -0.1) is 0 Å². The highest BCUT2D eigenvalue weighted by Gasteiger charge is 1.95. The zero-order chi connectivity index (χ0) is 8.69. The maximum Gasteiger partial charge on any atom is 0.254 e. The summed E-state index contributed by atoms with van der Waals surface area (Å²) in [4.78, 5) is 10.6. The number of carbonyl (C=O) groups excluding carboxylic acids is 1. The number of nitrogens with one attached hydrogen (secondary N) is 1. The summed E-state index contributed by atoms with van der Waals surface area (Å²) < 4.78 is 0. The summed E-state index contributed by atoms with van der Waals surface area (Å²) >= 11 is 0. The van der Waals surface area contributed by atoms with Gasteiger partial charge >= 0.3 is 0 Å². The van der Waals surface area contributed by atoms with E-state index in [4.69, 9.17) is 5.26 Å². The number of amides is 1. The fourth-order valence-corrected chi connectivity index (χ4v) is 0.348. The molecule has 0 atom stereocenters. The third-order valence-electron chi connectivity index (χ3n) is 1.12. The van der Waals surface area contributed by atoms with Crippen LogP contribution in [0.2, 0.25) is 0 Å². The van der Waals surface area contributed by atoms with Crippen molar-refractivity contribution in [3.05, 3.63) is 0 Å². The van der Waals surface area contributed by atoms with Crippen molar-refractivity contribution in [2.24, 2.45) is 5.10 Å². The van der Waals surface area contributed by atoms with E-state index < -0.39 is 0 Å². The van der Waals surface area contributed by atoms with Gasteiger partial charge in [0, 0.05) is 5.71 Å². The van der Waals surface area contributed by atoms with Crippen LogP contribution in [0.5, 0.6) is 0 Å². The first kappa shape index (κ1) is 9.63. The molecule has 4 nitrogen and oxygen atoms in total. The van der Waals surface area contributed by atoms with Crippen LogP contribution in [0.15, 0.2) is 5.10 Å². The Bertz CT molecular complexity index is 202. The molecule has 0 aromatic carbocycles. The highest BCUT2D eigenvalue weighted by molar-refractivity contribution is 5.84. The summed E-state index contributed by atoms with van der Waals surface area (Å²) in [5.74, 6) is -0.361. The fourth-order valence-electron chi connectivity index (χ4n) is 0.348. The zero-order valence-corrected chi connectivity index (χ0v) is 6.72. The lowest BCUT2D eigenvalue weighted by Gasteiger charge is -1.95. The van der Waals surface area contributed by atoms with Gasteiger partial charge in [0.1, 0.15) is 6.42 Å². The number of nitriles is 1. The molecule has 0 unspecified atom stereocenters. The Morgan fingerprint density at radius 1 is 1.73 bits per heavy atom. The molecule has 0 fully saturated rings. The molecule has 0 bridgehead atoms. The maximum absolute atomic E-state index is 10.6. The van der Waals surface area contributed by atoms with Gasteiger partial charge in [-0.2, -0.15) is 10.4 Å². The van der Waals surface area contributed by atoms with E-state index in [1.807, 2.05) is 13.8 Å². The minimum atomic E-state index is -0.361. The van der Waals surface area contributed by atoms with E-state index in [-0.39, 0.29) is 12.3 Å². The van der Waals surface area contributed by atoms with E-state index in [0.29, 0.717) is 0 Å². The van der Waals surface area contributed by atoms with Crippen molar-refractivity contribution in [3.8, 4) is 6.07 Å². The smallest absolute Gasteiger partial charge is 0.254 e. The number of hydrogen-bond donors (Lipinski definition) is 1. The minimum Gasteiger partial charge on any atom is -0.272 e. The number of carbonyl (C=O) groups is 1. The van der Waals surface area contributed by atoms with Crippen LogP contribution in [0.1, 0.15) is 26.7 Å². The van der Waals surface area contributed by atoms with E-state index in [1.165, 1.54) is 0 Å². The van der Waals surface area contributed by atoms with E-state index >= 15 is 0 Å². The van der Waals surface area contributed by atoms with Gasteiger partial charge < -0.3 is 0 Å². The van der Waals surface area contributed by atoms with Gasteiger partial charge in [-0.25, -0.2) is 5.43 Å². The highest BCUT2D eigenvalue weighted by Crippen LogP contribution is 1.82. The average Bonchev–Trinajstić information content (AvgIpc) is 2.01. The average molecular weight is 153 g/mol.